The smallest absolute Gasteiger partial charge is 0.337 e. The number of nitrogens with one attached hydrogen (secondary N) is 2. The summed E-state index contributed by atoms with van der Waals surface area (Å²) in [6.45, 7) is 3.39. The van der Waals surface area contributed by atoms with E-state index in [2.05, 4.69) is 26.6 Å². The number of ether oxygens (including phenoxy) is 2. The third kappa shape index (κ3) is 6.01. The van der Waals surface area contributed by atoms with Crippen molar-refractivity contribution in [1.82, 2.24) is 0 Å². The van der Waals surface area contributed by atoms with Crippen LogP contribution in [-0.2, 0) is 19.4 Å². The predicted molar refractivity (Wildman–Crippen MR) is 137 cm³/mol. The third-order valence-electron chi connectivity index (χ3n) is 5.23. The van der Waals surface area contributed by atoms with Gasteiger partial charge in [0.25, 0.3) is 0 Å². The van der Waals surface area contributed by atoms with E-state index in [1.165, 1.54) is 32.4 Å². The molecule has 0 aliphatic heterocycles. The number of rotatable bonds is 8. The van der Waals surface area contributed by atoms with Crippen molar-refractivity contribution in [2.75, 3.05) is 31.4 Å². The van der Waals surface area contributed by atoms with Crippen LogP contribution in [0.5, 0.6) is 5.75 Å². The van der Waals surface area contributed by atoms with Gasteiger partial charge in [0, 0.05) is 5.69 Å². The average molecular weight is 561 g/mol. The van der Waals surface area contributed by atoms with Gasteiger partial charge in [-0.15, -0.1) is 0 Å². The maximum atomic E-state index is 13.4. The molecule has 0 saturated carbocycles. The average Bonchev–Trinajstić information content (AvgIpc) is 2.83. The molecule has 0 atom stereocenters. The third-order valence-corrected chi connectivity index (χ3v) is 7.64. The Kier molecular flexibility index (Phi) is 8.18. The molecule has 10 heteroatoms. The molecule has 0 radical (unpaired) electrons. The van der Waals surface area contributed by atoms with E-state index in [9.17, 15) is 18.0 Å². The number of aryl methyl sites for hydroxylation is 2. The van der Waals surface area contributed by atoms with Crippen LogP contribution < -0.4 is 15.4 Å². The lowest BCUT2D eigenvalue weighted by Crippen LogP contribution is -2.23. The number of esters is 1. The second kappa shape index (κ2) is 10.9. The number of sulfone groups is 1. The van der Waals surface area contributed by atoms with Gasteiger partial charge in [0.05, 0.1) is 46.3 Å². The Morgan fingerprint density at radius 2 is 1.69 bits per heavy atom. The summed E-state index contributed by atoms with van der Waals surface area (Å²) in [5.41, 5.74) is 2.56. The molecule has 0 heterocycles. The molecule has 3 rings (SSSR count). The summed E-state index contributed by atoms with van der Waals surface area (Å²) in [4.78, 5) is 24.6. The number of amides is 1. The van der Waals surface area contributed by atoms with Crippen LogP contribution in [-0.4, -0.2) is 41.1 Å². The van der Waals surface area contributed by atoms with E-state index in [-0.39, 0.29) is 22.0 Å². The standard InChI is InChI=1S/C25H25BrN2O6S/c1-15-5-9-20(23(11-15)35(31,32)18-8-10-22(33-3)19(26)13-18)27-14-24(29)28-21-12-17(25(30)34-4)7-6-16(21)2/h5-13,27H,14H2,1-4H3,(H,28,29). The molecule has 3 aromatic carbocycles. The van der Waals surface area contributed by atoms with Crippen molar-refractivity contribution in [3.63, 3.8) is 0 Å². The molecule has 184 valence electrons. The van der Waals surface area contributed by atoms with E-state index in [4.69, 9.17) is 9.47 Å². The molecular weight excluding hydrogens is 536 g/mol. The van der Waals surface area contributed by atoms with Crippen LogP contribution in [0.1, 0.15) is 21.5 Å². The fourth-order valence-electron chi connectivity index (χ4n) is 3.31. The van der Waals surface area contributed by atoms with Gasteiger partial charge in [-0.2, -0.15) is 0 Å². The van der Waals surface area contributed by atoms with Crippen molar-refractivity contribution < 1.29 is 27.5 Å². The maximum absolute atomic E-state index is 13.4. The summed E-state index contributed by atoms with van der Waals surface area (Å²) in [7, 11) is -1.13. The highest BCUT2D eigenvalue weighted by atomic mass is 79.9. The molecule has 3 aromatic rings. The Hall–Kier alpha value is -3.37. The molecule has 35 heavy (non-hydrogen) atoms. The van der Waals surface area contributed by atoms with Gasteiger partial charge in [-0.1, -0.05) is 12.1 Å². The number of hydrogen-bond acceptors (Lipinski definition) is 7. The van der Waals surface area contributed by atoms with Gasteiger partial charge >= 0.3 is 5.97 Å². The molecular formula is C25H25BrN2O6S. The first-order chi connectivity index (χ1) is 16.6. The molecule has 0 fully saturated rings. The van der Waals surface area contributed by atoms with Crippen molar-refractivity contribution in [2.45, 2.75) is 23.6 Å². The first-order valence-corrected chi connectivity index (χ1v) is 12.8. The monoisotopic (exact) mass is 560 g/mol. The molecule has 0 spiro atoms. The summed E-state index contributed by atoms with van der Waals surface area (Å²) in [6.07, 6.45) is 0. The Morgan fingerprint density at radius 3 is 2.34 bits per heavy atom. The Labute approximate surface area is 212 Å². The number of halogens is 1. The van der Waals surface area contributed by atoms with Gasteiger partial charge < -0.3 is 20.1 Å². The van der Waals surface area contributed by atoms with E-state index < -0.39 is 21.7 Å². The van der Waals surface area contributed by atoms with Crippen LogP contribution >= 0.6 is 15.9 Å². The minimum atomic E-state index is -3.90. The van der Waals surface area contributed by atoms with E-state index >= 15 is 0 Å². The van der Waals surface area contributed by atoms with Gasteiger partial charge in [-0.05, 0) is 83.4 Å². The zero-order valence-corrected chi connectivity index (χ0v) is 22.0. The van der Waals surface area contributed by atoms with Crippen LogP contribution in [0.15, 0.2) is 68.9 Å². The van der Waals surface area contributed by atoms with Crippen LogP contribution in [0.3, 0.4) is 0 Å². The normalized spacial score (nSPS) is 11.0. The van der Waals surface area contributed by atoms with Crippen molar-refractivity contribution in [2.24, 2.45) is 0 Å². The lowest BCUT2D eigenvalue weighted by molar-refractivity contribution is -0.114. The molecule has 0 saturated heterocycles. The first-order valence-electron chi connectivity index (χ1n) is 10.5. The second-order valence-corrected chi connectivity index (χ2v) is 10.5. The topological polar surface area (TPSA) is 111 Å². The van der Waals surface area contributed by atoms with E-state index in [0.29, 0.717) is 21.5 Å². The van der Waals surface area contributed by atoms with Gasteiger partial charge in [0.2, 0.25) is 15.7 Å². The molecule has 0 bridgehead atoms. The fraction of sp³-hybridized carbons (Fsp3) is 0.200. The lowest BCUT2D eigenvalue weighted by Gasteiger charge is -2.15. The highest BCUT2D eigenvalue weighted by Crippen LogP contribution is 2.33. The van der Waals surface area contributed by atoms with Gasteiger partial charge in [0.15, 0.2) is 0 Å². The summed E-state index contributed by atoms with van der Waals surface area (Å²) in [5.74, 6) is -0.417. The lowest BCUT2D eigenvalue weighted by atomic mass is 10.1. The largest absolute Gasteiger partial charge is 0.496 e. The van der Waals surface area contributed by atoms with Gasteiger partial charge in [-0.25, -0.2) is 13.2 Å². The number of methoxy groups -OCH3 is 2. The van der Waals surface area contributed by atoms with Crippen LogP contribution in [0.25, 0.3) is 0 Å². The molecule has 1 amide bonds. The Morgan fingerprint density at radius 1 is 0.943 bits per heavy atom. The fourth-order valence-corrected chi connectivity index (χ4v) is 5.55. The second-order valence-electron chi connectivity index (χ2n) is 7.72. The van der Waals surface area contributed by atoms with Crippen molar-refractivity contribution in [3.05, 3.63) is 75.8 Å². The number of carbonyl (C=O) groups excluding carboxylic acids is 2. The predicted octanol–water partition coefficient (Wildman–Crippen LogP) is 4.74. The minimum absolute atomic E-state index is 0.0474. The molecule has 8 nitrogen and oxygen atoms in total. The number of carbonyl (C=O) groups is 2. The van der Waals surface area contributed by atoms with E-state index in [1.54, 1.807) is 50.2 Å². The molecule has 0 unspecified atom stereocenters. The van der Waals surface area contributed by atoms with Crippen LogP contribution in [0.4, 0.5) is 11.4 Å². The Bertz CT molecular complexity index is 1390. The minimum Gasteiger partial charge on any atom is -0.496 e. The Balaban J connectivity index is 1.83. The highest BCUT2D eigenvalue weighted by Gasteiger charge is 2.23. The maximum Gasteiger partial charge on any atom is 0.337 e. The van der Waals surface area contributed by atoms with Crippen LogP contribution in [0.2, 0.25) is 0 Å². The van der Waals surface area contributed by atoms with E-state index in [0.717, 1.165) is 11.1 Å². The summed E-state index contributed by atoms with van der Waals surface area (Å²) < 4.78 is 37.3. The molecule has 2 N–H and O–H groups in total. The molecule has 0 aliphatic rings. The van der Waals surface area contributed by atoms with Gasteiger partial charge in [-0.3, -0.25) is 4.79 Å². The van der Waals surface area contributed by atoms with Crippen molar-refractivity contribution >= 4 is 49.0 Å². The number of benzene rings is 3. The summed E-state index contributed by atoms with van der Waals surface area (Å²) >= 11 is 3.32. The van der Waals surface area contributed by atoms with Gasteiger partial charge in [0.1, 0.15) is 5.75 Å². The zero-order valence-electron chi connectivity index (χ0n) is 19.6. The quantitative estimate of drug-likeness (QED) is 0.382. The number of hydrogen-bond donors (Lipinski definition) is 2. The highest BCUT2D eigenvalue weighted by molar-refractivity contribution is 9.10. The zero-order chi connectivity index (χ0) is 25.8. The van der Waals surface area contributed by atoms with Crippen molar-refractivity contribution in [1.29, 1.82) is 0 Å². The molecule has 0 aliphatic carbocycles. The summed E-state index contributed by atoms with van der Waals surface area (Å²) in [5, 5.41) is 5.66. The summed E-state index contributed by atoms with van der Waals surface area (Å²) in [6, 6.07) is 14.3. The molecule has 0 aromatic heterocycles. The van der Waals surface area contributed by atoms with E-state index in [1.807, 2.05) is 0 Å². The van der Waals surface area contributed by atoms with Crippen molar-refractivity contribution in [3.8, 4) is 5.75 Å². The van der Waals surface area contributed by atoms with Crippen LogP contribution in [0, 0.1) is 13.8 Å². The SMILES string of the molecule is COC(=O)c1ccc(C)c(NC(=O)CNc2ccc(C)cc2S(=O)(=O)c2ccc(OC)c(Br)c2)c1. The first kappa shape index (κ1) is 26.2. The number of anilines is 2.